The van der Waals surface area contributed by atoms with Gasteiger partial charge in [0.1, 0.15) is 0 Å². The molecule has 1 aliphatic rings. The fourth-order valence-electron chi connectivity index (χ4n) is 2.61. The summed E-state index contributed by atoms with van der Waals surface area (Å²) in [6.07, 6.45) is 5.56. The van der Waals surface area contributed by atoms with Gasteiger partial charge in [0.2, 0.25) is 0 Å². The van der Waals surface area contributed by atoms with Crippen LogP contribution in [0.4, 0.5) is 5.82 Å². The lowest BCUT2D eigenvalue weighted by Crippen LogP contribution is -2.50. The van der Waals surface area contributed by atoms with E-state index >= 15 is 0 Å². The Hall–Kier alpha value is -1.03. The average molecular weight is 236 g/mol. The first-order valence-corrected chi connectivity index (χ1v) is 6.69. The Morgan fingerprint density at radius 3 is 2.76 bits per heavy atom. The first-order chi connectivity index (χ1) is 8.19. The third kappa shape index (κ3) is 2.63. The van der Waals surface area contributed by atoms with Gasteiger partial charge >= 0.3 is 0 Å². The van der Waals surface area contributed by atoms with Crippen molar-refractivity contribution in [1.29, 1.82) is 0 Å². The maximum absolute atomic E-state index is 4.52. The molecule has 1 N–H and O–H groups in total. The van der Waals surface area contributed by atoms with Gasteiger partial charge in [-0.3, -0.25) is 4.68 Å². The minimum absolute atomic E-state index is 0.258. The van der Waals surface area contributed by atoms with Gasteiger partial charge in [-0.25, -0.2) is 0 Å². The van der Waals surface area contributed by atoms with Crippen molar-refractivity contribution >= 4 is 5.82 Å². The average Bonchev–Trinajstić information content (AvgIpc) is 2.66. The number of nitrogens with zero attached hydrogens (tertiary/aromatic N) is 3. The minimum Gasteiger partial charge on any atom is -0.353 e. The van der Waals surface area contributed by atoms with E-state index in [4.69, 9.17) is 0 Å². The van der Waals surface area contributed by atoms with Crippen LogP contribution in [0.25, 0.3) is 0 Å². The highest BCUT2D eigenvalue weighted by Crippen LogP contribution is 2.23. The number of hydrogen-bond donors (Lipinski definition) is 1. The summed E-state index contributed by atoms with van der Waals surface area (Å²) < 4.78 is 1.88. The van der Waals surface area contributed by atoms with Crippen LogP contribution in [0.5, 0.6) is 0 Å². The predicted octanol–water partition coefficient (Wildman–Crippen LogP) is 1.78. The largest absolute Gasteiger partial charge is 0.353 e. The Labute approximate surface area is 104 Å². The van der Waals surface area contributed by atoms with Crippen molar-refractivity contribution < 1.29 is 0 Å². The van der Waals surface area contributed by atoms with Crippen LogP contribution in [0.1, 0.15) is 33.1 Å². The molecule has 96 valence electrons. The second kappa shape index (κ2) is 5.08. The summed E-state index contributed by atoms with van der Waals surface area (Å²) in [5.41, 5.74) is 0.258. The molecule has 4 nitrogen and oxygen atoms in total. The molecule has 0 bridgehead atoms. The van der Waals surface area contributed by atoms with Crippen molar-refractivity contribution in [3.05, 3.63) is 12.3 Å². The van der Waals surface area contributed by atoms with Gasteiger partial charge in [0.25, 0.3) is 0 Å². The first-order valence-electron chi connectivity index (χ1n) is 6.69. The van der Waals surface area contributed by atoms with E-state index in [1.807, 2.05) is 17.9 Å². The Morgan fingerprint density at radius 1 is 1.41 bits per heavy atom. The Morgan fingerprint density at radius 2 is 2.18 bits per heavy atom. The summed E-state index contributed by atoms with van der Waals surface area (Å²) >= 11 is 0. The highest BCUT2D eigenvalue weighted by Gasteiger charge is 2.30. The van der Waals surface area contributed by atoms with Crippen molar-refractivity contribution in [2.24, 2.45) is 7.05 Å². The lowest BCUT2D eigenvalue weighted by Gasteiger charge is -2.35. The molecule has 4 heteroatoms. The lowest BCUT2D eigenvalue weighted by molar-refractivity contribution is 0.321. The van der Waals surface area contributed by atoms with Crippen LogP contribution in [0.2, 0.25) is 0 Å². The Kier molecular flexibility index (Phi) is 3.72. The maximum atomic E-state index is 4.52. The van der Waals surface area contributed by atoms with Crippen LogP contribution in [0.3, 0.4) is 0 Å². The molecule has 1 saturated heterocycles. The number of anilines is 1. The van der Waals surface area contributed by atoms with Crippen LogP contribution in [0, 0.1) is 0 Å². The normalized spacial score (nSPS) is 20.3. The smallest absolute Gasteiger partial charge is 0.150 e. The molecule has 1 aliphatic heterocycles. The summed E-state index contributed by atoms with van der Waals surface area (Å²) in [5.74, 6) is 1.11. The molecule has 2 rings (SSSR count). The van der Waals surface area contributed by atoms with Gasteiger partial charge in [0, 0.05) is 37.9 Å². The van der Waals surface area contributed by atoms with Crippen LogP contribution in [-0.4, -0.2) is 35.0 Å². The molecule has 0 spiro atoms. The van der Waals surface area contributed by atoms with Gasteiger partial charge in [-0.05, 0) is 25.8 Å². The quantitative estimate of drug-likeness (QED) is 0.868. The van der Waals surface area contributed by atoms with Crippen molar-refractivity contribution in [1.82, 2.24) is 15.1 Å². The molecule has 0 saturated carbocycles. The van der Waals surface area contributed by atoms with E-state index in [0.29, 0.717) is 0 Å². The van der Waals surface area contributed by atoms with Gasteiger partial charge in [0.05, 0.1) is 0 Å². The van der Waals surface area contributed by atoms with Gasteiger partial charge < -0.3 is 10.2 Å². The number of hydrogen-bond acceptors (Lipinski definition) is 3. The molecule has 2 heterocycles. The predicted molar refractivity (Wildman–Crippen MR) is 71.4 cm³/mol. The molecule has 0 atom stereocenters. The van der Waals surface area contributed by atoms with Gasteiger partial charge in [-0.2, -0.15) is 5.10 Å². The number of nitrogens with one attached hydrogen (secondary N) is 1. The molecule has 0 radical (unpaired) electrons. The number of aromatic nitrogens is 2. The highest BCUT2D eigenvalue weighted by molar-refractivity contribution is 5.38. The SMILES string of the molecule is CCC1(CC)CN(c2ccn(C)n2)CCCN1. The van der Waals surface area contributed by atoms with E-state index in [2.05, 4.69) is 35.2 Å². The van der Waals surface area contributed by atoms with E-state index in [1.54, 1.807) is 0 Å². The number of aryl methyl sites for hydroxylation is 1. The van der Waals surface area contributed by atoms with Crippen LogP contribution >= 0.6 is 0 Å². The fraction of sp³-hybridized carbons (Fsp3) is 0.769. The van der Waals surface area contributed by atoms with E-state index < -0.39 is 0 Å². The monoisotopic (exact) mass is 236 g/mol. The standard InChI is InChI=1S/C13H24N4/c1-4-13(5-2)11-17(9-6-8-14-13)12-7-10-16(3)15-12/h7,10,14H,4-6,8-9,11H2,1-3H3. The summed E-state index contributed by atoms with van der Waals surface area (Å²) in [4.78, 5) is 2.42. The highest BCUT2D eigenvalue weighted by atomic mass is 15.3. The molecule has 0 aromatic carbocycles. The first kappa shape index (κ1) is 12.4. The molecule has 0 amide bonds. The zero-order valence-corrected chi connectivity index (χ0v) is 11.2. The van der Waals surface area contributed by atoms with E-state index in [0.717, 1.165) is 25.5 Å². The Bertz CT molecular complexity index is 354. The fourth-order valence-corrected chi connectivity index (χ4v) is 2.61. The maximum Gasteiger partial charge on any atom is 0.150 e. The van der Waals surface area contributed by atoms with E-state index in [9.17, 15) is 0 Å². The van der Waals surface area contributed by atoms with E-state index in [1.165, 1.54) is 19.3 Å². The molecular formula is C13H24N4. The zero-order chi connectivity index (χ0) is 12.3. The van der Waals surface area contributed by atoms with Gasteiger partial charge in [-0.1, -0.05) is 13.8 Å². The zero-order valence-electron chi connectivity index (χ0n) is 11.2. The number of rotatable bonds is 3. The molecule has 0 aliphatic carbocycles. The summed E-state index contributed by atoms with van der Waals surface area (Å²) in [6.45, 7) is 7.84. The summed E-state index contributed by atoms with van der Waals surface area (Å²) in [5, 5.41) is 8.25. The van der Waals surface area contributed by atoms with Crippen molar-refractivity contribution in [2.45, 2.75) is 38.6 Å². The second-order valence-corrected chi connectivity index (χ2v) is 5.04. The molecule has 1 aromatic rings. The van der Waals surface area contributed by atoms with Gasteiger partial charge in [-0.15, -0.1) is 0 Å². The minimum atomic E-state index is 0.258. The molecular weight excluding hydrogens is 212 g/mol. The summed E-state index contributed by atoms with van der Waals surface area (Å²) in [6, 6.07) is 2.11. The molecule has 17 heavy (non-hydrogen) atoms. The lowest BCUT2D eigenvalue weighted by atomic mass is 9.92. The molecule has 1 fully saturated rings. The topological polar surface area (TPSA) is 33.1 Å². The van der Waals surface area contributed by atoms with E-state index in [-0.39, 0.29) is 5.54 Å². The van der Waals surface area contributed by atoms with Crippen molar-refractivity contribution in [3.63, 3.8) is 0 Å². The van der Waals surface area contributed by atoms with Crippen molar-refractivity contribution in [3.8, 4) is 0 Å². The summed E-state index contributed by atoms with van der Waals surface area (Å²) in [7, 11) is 1.98. The Balaban J connectivity index is 2.17. The van der Waals surface area contributed by atoms with Crippen LogP contribution < -0.4 is 10.2 Å². The van der Waals surface area contributed by atoms with Crippen LogP contribution in [0.15, 0.2) is 12.3 Å². The van der Waals surface area contributed by atoms with Crippen molar-refractivity contribution in [2.75, 3.05) is 24.5 Å². The second-order valence-electron chi connectivity index (χ2n) is 5.04. The third-order valence-corrected chi connectivity index (χ3v) is 3.98. The molecule has 1 aromatic heterocycles. The van der Waals surface area contributed by atoms with Crippen LogP contribution in [-0.2, 0) is 7.05 Å². The van der Waals surface area contributed by atoms with Gasteiger partial charge in [0.15, 0.2) is 5.82 Å². The molecule has 0 unspecified atom stereocenters. The third-order valence-electron chi connectivity index (χ3n) is 3.98.